The van der Waals surface area contributed by atoms with Crippen LogP contribution in [0.4, 0.5) is 18.0 Å². The van der Waals surface area contributed by atoms with Crippen LogP contribution in [0.2, 0.25) is 5.02 Å². The molecular formula is C27H23ClF3N5O4. The van der Waals surface area contributed by atoms with Gasteiger partial charge >= 0.3 is 18.2 Å². The van der Waals surface area contributed by atoms with Crippen LogP contribution in [0.5, 0.6) is 5.75 Å². The number of urea groups is 1. The average molecular weight is 574 g/mol. The summed E-state index contributed by atoms with van der Waals surface area (Å²) in [4.78, 5) is 25.3. The molecule has 4 aromatic rings. The third-order valence-electron chi connectivity index (χ3n) is 6.03. The van der Waals surface area contributed by atoms with Gasteiger partial charge in [0.15, 0.2) is 0 Å². The molecule has 208 valence electrons. The molecule has 4 N–H and O–H groups in total. The van der Waals surface area contributed by atoms with Crippen LogP contribution in [0.1, 0.15) is 33.6 Å². The number of amides is 2. The van der Waals surface area contributed by atoms with Crippen molar-refractivity contribution in [1.82, 2.24) is 20.0 Å². The van der Waals surface area contributed by atoms with Crippen LogP contribution < -0.4 is 5.32 Å². The highest BCUT2D eigenvalue weighted by atomic mass is 35.5. The standard InChI is InChI=1S/C27H23ClF3N5O4/c28-21-4-2-1-3-18(21)15-36-23-13-17(25(38)39)7-10-20(23)22(34-36)14-33-26(40)35(12-11-27(29,30)31)24(32)16-5-8-19(37)9-6-16/h1-10,13,32,37H,11-12,14-15H2,(H,33,40)(H,38,39). The van der Waals surface area contributed by atoms with Crippen LogP contribution in [0.3, 0.4) is 0 Å². The number of nitrogens with zero attached hydrogens (tertiary/aromatic N) is 3. The maximum atomic E-state index is 13.1. The number of carbonyl (C=O) groups is 2. The van der Waals surface area contributed by atoms with E-state index in [1.807, 2.05) is 0 Å². The maximum absolute atomic E-state index is 13.1. The van der Waals surface area contributed by atoms with Crippen molar-refractivity contribution in [1.29, 1.82) is 5.41 Å². The van der Waals surface area contributed by atoms with Gasteiger partial charge < -0.3 is 15.5 Å². The number of phenolic OH excluding ortho intramolecular Hbond substituents is 1. The van der Waals surface area contributed by atoms with Crippen molar-refractivity contribution in [3.05, 3.63) is 94.1 Å². The molecule has 0 saturated carbocycles. The van der Waals surface area contributed by atoms with Crippen LogP contribution in [0.15, 0.2) is 66.7 Å². The van der Waals surface area contributed by atoms with E-state index in [0.29, 0.717) is 32.1 Å². The van der Waals surface area contributed by atoms with E-state index in [-0.39, 0.29) is 30.0 Å². The Morgan fingerprint density at radius 1 is 1.05 bits per heavy atom. The van der Waals surface area contributed by atoms with E-state index in [2.05, 4.69) is 10.4 Å². The first-order valence-electron chi connectivity index (χ1n) is 11.9. The fraction of sp³-hybridized carbons (Fsp3) is 0.185. The van der Waals surface area contributed by atoms with Crippen molar-refractivity contribution in [2.45, 2.75) is 25.7 Å². The minimum atomic E-state index is -4.57. The summed E-state index contributed by atoms with van der Waals surface area (Å²) in [6.07, 6.45) is -5.91. The minimum Gasteiger partial charge on any atom is -0.508 e. The number of halogens is 4. The van der Waals surface area contributed by atoms with E-state index < -0.39 is 37.0 Å². The summed E-state index contributed by atoms with van der Waals surface area (Å²) in [5, 5.41) is 35.3. The fourth-order valence-corrected chi connectivity index (χ4v) is 4.19. The Balaban J connectivity index is 1.62. The molecule has 0 bridgehead atoms. The Labute approximate surface area is 230 Å². The number of aromatic nitrogens is 2. The van der Waals surface area contributed by atoms with Crippen molar-refractivity contribution in [2.24, 2.45) is 0 Å². The highest BCUT2D eigenvalue weighted by Gasteiger charge is 2.31. The Bertz CT molecular complexity index is 1570. The summed E-state index contributed by atoms with van der Waals surface area (Å²) < 4.78 is 40.5. The third kappa shape index (κ3) is 6.70. The van der Waals surface area contributed by atoms with E-state index in [9.17, 15) is 33.0 Å². The number of carboxylic acid groups (broad SMARTS) is 1. The number of amidine groups is 1. The number of carbonyl (C=O) groups excluding carboxylic acids is 1. The predicted molar refractivity (Wildman–Crippen MR) is 142 cm³/mol. The van der Waals surface area contributed by atoms with Crippen LogP contribution >= 0.6 is 11.6 Å². The van der Waals surface area contributed by atoms with Crippen molar-refractivity contribution in [3.63, 3.8) is 0 Å². The molecule has 0 spiro atoms. The molecule has 13 heteroatoms. The zero-order chi connectivity index (χ0) is 29.0. The lowest BCUT2D eigenvalue weighted by Gasteiger charge is -2.24. The number of fused-ring (bicyclic) bond motifs is 1. The van der Waals surface area contributed by atoms with E-state index >= 15 is 0 Å². The fourth-order valence-electron chi connectivity index (χ4n) is 4.00. The van der Waals surface area contributed by atoms with Crippen LogP contribution in [0.25, 0.3) is 10.9 Å². The molecule has 0 unspecified atom stereocenters. The molecule has 1 aromatic heterocycles. The largest absolute Gasteiger partial charge is 0.508 e. The SMILES string of the molecule is N=C(c1ccc(O)cc1)N(CCC(F)(F)F)C(=O)NCc1nn(Cc2ccccc2Cl)c2cc(C(=O)O)ccc12. The molecular weight excluding hydrogens is 551 g/mol. The highest BCUT2D eigenvalue weighted by Crippen LogP contribution is 2.25. The molecule has 0 aliphatic carbocycles. The first-order chi connectivity index (χ1) is 18.9. The number of alkyl halides is 3. The molecule has 0 aliphatic heterocycles. The molecule has 3 aromatic carbocycles. The predicted octanol–water partition coefficient (Wildman–Crippen LogP) is 5.63. The first kappa shape index (κ1) is 28.4. The van der Waals surface area contributed by atoms with Gasteiger partial charge in [-0.2, -0.15) is 18.3 Å². The summed E-state index contributed by atoms with van der Waals surface area (Å²) >= 11 is 6.29. The van der Waals surface area contributed by atoms with E-state index in [1.54, 1.807) is 24.3 Å². The van der Waals surface area contributed by atoms with Crippen molar-refractivity contribution in [3.8, 4) is 5.75 Å². The summed E-state index contributed by atoms with van der Waals surface area (Å²) in [5.74, 6) is -1.73. The zero-order valence-corrected chi connectivity index (χ0v) is 21.5. The maximum Gasteiger partial charge on any atom is 0.390 e. The van der Waals surface area contributed by atoms with Gasteiger partial charge in [0, 0.05) is 22.5 Å². The quantitative estimate of drug-likeness (QED) is 0.160. The topological polar surface area (TPSA) is 132 Å². The molecule has 0 atom stereocenters. The van der Waals surface area contributed by atoms with Gasteiger partial charge in [0.2, 0.25) is 0 Å². The Hall–Kier alpha value is -4.58. The summed E-state index contributed by atoms with van der Waals surface area (Å²) in [7, 11) is 0. The highest BCUT2D eigenvalue weighted by molar-refractivity contribution is 6.31. The minimum absolute atomic E-state index is 0.0177. The zero-order valence-electron chi connectivity index (χ0n) is 20.7. The number of nitrogens with one attached hydrogen (secondary N) is 2. The van der Waals surface area contributed by atoms with Gasteiger partial charge in [-0.15, -0.1) is 0 Å². The number of aromatic hydroxyl groups is 1. The first-order valence-corrected chi connectivity index (χ1v) is 12.3. The second-order valence-corrected chi connectivity index (χ2v) is 9.21. The smallest absolute Gasteiger partial charge is 0.390 e. The monoisotopic (exact) mass is 573 g/mol. The number of rotatable bonds is 8. The van der Waals surface area contributed by atoms with Gasteiger partial charge in [0.1, 0.15) is 11.6 Å². The van der Waals surface area contributed by atoms with Gasteiger partial charge in [0.05, 0.1) is 36.3 Å². The molecule has 40 heavy (non-hydrogen) atoms. The lowest BCUT2D eigenvalue weighted by atomic mass is 10.1. The molecule has 0 radical (unpaired) electrons. The molecule has 9 nitrogen and oxygen atoms in total. The number of hydrogen-bond acceptors (Lipinski definition) is 5. The summed E-state index contributed by atoms with van der Waals surface area (Å²) in [5.41, 5.74) is 1.65. The molecule has 0 fully saturated rings. The lowest BCUT2D eigenvalue weighted by molar-refractivity contribution is -0.135. The second-order valence-electron chi connectivity index (χ2n) is 8.80. The van der Waals surface area contributed by atoms with E-state index in [0.717, 1.165) is 0 Å². The Morgan fingerprint density at radius 3 is 2.38 bits per heavy atom. The van der Waals surface area contributed by atoms with Crippen LogP contribution in [0, 0.1) is 5.41 Å². The Morgan fingerprint density at radius 2 is 1.73 bits per heavy atom. The number of hydrogen-bond donors (Lipinski definition) is 4. The van der Waals surface area contributed by atoms with Gasteiger partial charge in [-0.1, -0.05) is 29.8 Å². The molecule has 2 amide bonds. The third-order valence-corrected chi connectivity index (χ3v) is 6.40. The van der Waals surface area contributed by atoms with Crippen molar-refractivity contribution in [2.75, 3.05) is 6.54 Å². The van der Waals surface area contributed by atoms with Crippen molar-refractivity contribution < 1.29 is 33.0 Å². The Kier molecular flexibility index (Phi) is 8.29. The van der Waals surface area contributed by atoms with Gasteiger partial charge in [-0.3, -0.25) is 15.0 Å². The normalized spacial score (nSPS) is 11.4. The number of benzene rings is 3. The van der Waals surface area contributed by atoms with Crippen LogP contribution in [-0.4, -0.2) is 55.5 Å². The van der Waals surface area contributed by atoms with Crippen LogP contribution in [-0.2, 0) is 13.1 Å². The lowest BCUT2D eigenvalue weighted by Crippen LogP contribution is -2.45. The second kappa shape index (κ2) is 11.7. The van der Waals surface area contributed by atoms with Gasteiger partial charge in [-0.05, 0) is 54.1 Å². The van der Waals surface area contributed by atoms with Gasteiger partial charge in [0.25, 0.3) is 0 Å². The number of aromatic carboxylic acids is 1. The number of phenols is 1. The van der Waals surface area contributed by atoms with E-state index in [4.69, 9.17) is 17.0 Å². The van der Waals surface area contributed by atoms with E-state index in [1.165, 1.54) is 47.1 Å². The van der Waals surface area contributed by atoms with Gasteiger partial charge in [-0.25, -0.2) is 9.59 Å². The average Bonchev–Trinajstić information content (AvgIpc) is 3.25. The molecule has 0 aliphatic rings. The molecule has 1 heterocycles. The van der Waals surface area contributed by atoms with Crippen molar-refractivity contribution >= 4 is 40.3 Å². The summed E-state index contributed by atoms with van der Waals surface area (Å²) in [6, 6.07) is 15.6. The number of carboxylic acids is 1. The summed E-state index contributed by atoms with van der Waals surface area (Å²) in [6.45, 7) is -0.836. The molecule has 0 saturated heterocycles. The molecule has 4 rings (SSSR count).